The number of nitrogens with one attached hydrogen (secondary N) is 1. The van der Waals surface area contributed by atoms with Crippen LogP contribution in [0.25, 0.3) is 0 Å². The molecule has 148 valence electrons. The first-order valence-electron chi connectivity index (χ1n) is 9.38. The minimum absolute atomic E-state index is 0.115. The normalized spacial score (nSPS) is 13.3. The van der Waals surface area contributed by atoms with E-state index < -0.39 is 0 Å². The topological polar surface area (TPSA) is 79.0 Å². The number of nitrogens with zero attached hydrogens (tertiary/aromatic N) is 2. The molecule has 1 aliphatic carbocycles. The van der Waals surface area contributed by atoms with E-state index in [2.05, 4.69) is 5.32 Å². The maximum Gasteiger partial charge on any atom is 0.307 e. The van der Waals surface area contributed by atoms with E-state index in [-0.39, 0.29) is 30.7 Å². The van der Waals surface area contributed by atoms with Gasteiger partial charge in [0.2, 0.25) is 5.91 Å². The lowest BCUT2D eigenvalue weighted by atomic mass is 10.2. The van der Waals surface area contributed by atoms with E-state index in [0.29, 0.717) is 30.3 Å². The summed E-state index contributed by atoms with van der Waals surface area (Å²) in [6.45, 7) is 3.67. The number of hydrogen-bond donors (Lipinski definition) is 1. The first-order valence-corrected chi connectivity index (χ1v) is 9.38. The van der Waals surface area contributed by atoms with Gasteiger partial charge in [-0.15, -0.1) is 0 Å². The highest BCUT2D eigenvalue weighted by Crippen LogP contribution is 2.29. The molecule has 7 nitrogen and oxygen atoms in total. The van der Waals surface area contributed by atoms with Gasteiger partial charge < -0.3 is 15.0 Å². The van der Waals surface area contributed by atoms with Gasteiger partial charge in [-0.1, -0.05) is 6.07 Å². The molecular formula is C20H29N3O4. The minimum Gasteiger partial charge on any atom is -0.466 e. The van der Waals surface area contributed by atoms with Crippen molar-refractivity contribution in [3.63, 3.8) is 0 Å². The van der Waals surface area contributed by atoms with Crippen molar-refractivity contribution in [3.8, 4) is 0 Å². The molecule has 2 rings (SSSR count). The Labute approximate surface area is 160 Å². The lowest BCUT2D eigenvalue weighted by Crippen LogP contribution is -2.36. The summed E-state index contributed by atoms with van der Waals surface area (Å²) in [5.41, 5.74) is 1.11. The Morgan fingerprint density at radius 2 is 1.96 bits per heavy atom. The van der Waals surface area contributed by atoms with Crippen molar-refractivity contribution < 1.29 is 19.1 Å². The minimum atomic E-state index is -0.242. The van der Waals surface area contributed by atoms with E-state index in [1.165, 1.54) is 17.7 Å². The van der Waals surface area contributed by atoms with Gasteiger partial charge in [-0.3, -0.25) is 19.3 Å². The molecule has 1 fully saturated rings. The molecule has 1 aliphatic rings. The third kappa shape index (κ3) is 7.38. The van der Waals surface area contributed by atoms with Crippen LogP contribution in [0.1, 0.15) is 36.5 Å². The van der Waals surface area contributed by atoms with Crippen molar-refractivity contribution in [2.24, 2.45) is 5.92 Å². The summed E-state index contributed by atoms with van der Waals surface area (Å²) in [6, 6.07) is 6.89. The highest BCUT2D eigenvalue weighted by Gasteiger charge is 2.25. The number of anilines is 1. The van der Waals surface area contributed by atoms with E-state index in [4.69, 9.17) is 4.74 Å². The lowest BCUT2D eigenvalue weighted by Gasteiger charge is -2.21. The van der Waals surface area contributed by atoms with Crippen LogP contribution in [0.3, 0.4) is 0 Å². The first-order chi connectivity index (χ1) is 12.9. The number of ether oxygens (including phenoxy) is 1. The second-order valence-electron chi connectivity index (χ2n) is 7.06. The van der Waals surface area contributed by atoms with E-state index in [1.807, 2.05) is 4.90 Å². The van der Waals surface area contributed by atoms with Crippen LogP contribution in [0.15, 0.2) is 24.3 Å². The lowest BCUT2D eigenvalue weighted by molar-refractivity contribution is -0.143. The monoisotopic (exact) mass is 375 g/mol. The average molecular weight is 375 g/mol. The molecule has 0 radical (unpaired) electrons. The van der Waals surface area contributed by atoms with Gasteiger partial charge in [0.1, 0.15) is 0 Å². The Hall–Kier alpha value is -2.41. The zero-order valence-corrected chi connectivity index (χ0v) is 16.4. The Balaban J connectivity index is 1.91. The van der Waals surface area contributed by atoms with Crippen molar-refractivity contribution in [2.75, 3.05) is 45.7 Å². The fourth-order valence-corrected chi connectivity index (χ4v) is 2.77. The number of rotatable bonds is 10. The van der Waals surface area contributed by atoms with Crippen LogP contribution in [-0.2, 0) is 14.3 Å². The summed E-state index contributed by atoms with van der Waals surface area (Å²) in [4.78, 5) is 39.6. The number of hydrogen-bond acceptors (Lipinski definition) is 5. The van der Waals surface area contributed by atoms with Crippen LogP contribution in [0.4, 0.5) is 5.69 Å². The van der Waals surface area contributed by atoms with Gasteiger partial charge in [0, 0.05) is 38.4 Å². The standard InChI is InChI=1S/C20H29N3O4/c1-4-27-19(25)10-11-23(13-15-8-9-15)14-18(24)21-17-7-5-6-16(12-17)20(26)22(2)3/h5-7,12,15H,4,8-11,13-14H2,1-3H3,(H,21,24). The Bertz CT molecular complexity index is 671. The summed E-state index contributed by atoms with van der Waals surface area (Å²) in [7, 11) is 3.37. The summed E-state index contributed by atoms with van der Waals surface area (Å²) in [5.74, 6) is 0.0968. The fraction of sp³-hybridized carbons (Fsp3) is 0.550. The molecule has 1 aromatic carbocycles. The molecule has 0 spiro atoms. The second-order valence-corrected chi connectivity index (χ2v) is 7.06. The molecule has 1 N–H and O–H groups in total. The van der Waals surface area contributed by atoms with Gasteiger partial charge in [0.15, 0.2) is 0 Å². The van der Waals surface area contributed by atoms with Crippen molar-refractivity contribution in [1.29, 1.82) is 0 Å². The molecule has 1 aromatic rings. The molecule has 0 saturated heterocycles. The summed E-state index contributed by atoms with van der Waals surface area (Å²) in [6.07, 6.45) is 2.62. The molecular weight excluding hydrogens is 346 g/mol. The maximum absolute atomic E-state index is 12.4. The van der Waals surface area contributed by atoms with Crippen LogP contribution in [0, 0.1) is 5.92 Å². The Morgan fingerprint density at radius 1 is 1.22 bits per heavy atom. The van der Waals surface area contributed by atoms with Crippen molar-refractivity contribution in [3.05, 3.63) is 29.8 Å². The molecule has 0 heterocycles. The molecule has 0 aromatic heterocycles. The maximum atomic E-state index is 12.4. The second kappa shape index (κ2) is 10.1. The van der Waals surface area contributed by atoms with Crippen molar-refractivity contribution in [1.82, 2.24) is 9.80 Å². The third-order valence-electron chi connectivity index (χ3n) is 4.32. The van der Waals surface area contributed by atoms with Gasteiger partial charge in [-0.2, -0.15) is 0 Å². The molecule has 0 atom stereocenters. The summed E-state index contributed by atoms with van der Waals surface area (Å²) in [5, 5.41) is 2.85. The molecule has 0 unspecified atom stereocenters. The number of carbonyl (C=O) groups is 3. The Morgan fingerprint density at radius 3 is 2.59 bits per heavy atom. The summed E-state index contributed by atoms with van der Waals surface area (Å²) >= 11 is 0. The van der Waals surface area contributed by atoms with Crippen LogP contribution in [-0.4, -0.2) is 67.9 Å². The van der Waals surface area contributed by atoms with Crippen LogP contribution in [0.2, 0.25) is 0 Å². The highest BCUT2D eigenvalue weighted by molar-refractivity contribution is 5.97. The molecule has 0 bridgehead atoms. The van der Waals surface area contributed by atoms with Crippen molar-refractivity contribution >= 4 is 23.5 Å². The van der Waals surface area contributed by atoms with Gasteiger partial charge in [-0.05, 0) is 43.9 Å². The smallest absolute Gasteiger partial charge is 0.307 e. The van der Waals surface area contributed by atoms with Gasteiger partial charge in [-0.25, -0.2) is 0 Å². The van der Waals surface area contributed by atoms with E-state index in [0.717, 1.165) is 6.54 Å². The molecule has 0 aliphatic heterocycles. The van der Waals surface area contributed by atoms with E-state index in [9.17, 15) is 14.4 Å². The van der Waals surface area contributed by atoms with E-state index >= 15 is 0 Å². The van der Waals surface area contributed by atoms with Gasteiger partial charge in [0.05, 0.1) is 19.6 Å². The molecule has 1 saturated carbocycles. The quantitative estimate of drug-likeness (QED) is 0.633. The van der Waals surface area contributed by atoms with Crippen LogP contribution in [0.5, 0.6) is 0 Å². The van der Waals surface area contributed by atoms with Gasteiger partial charge >= 0.3 is 5.97 Å². The predicted octanol–water partition coefficient (Wildman–Crippen LogP) is 1.99. The number of esters is 1. The van der Waals surface area contributed by atoms with Gasteiger partial charge in [0.25, 0.3) is 5.91 Å². The number of carbonyl (C=O) groups excluding carboxylic acids is 3. The highest BCUT2D eigenvalue weighted by atomic mass is 16.5. The van der Waals surface area contributed by atoms with E-state index in [1.54, 1.807) is 45.3 Å². The van der Waals surface area contributed by atoms with Crippen molar-refractivity contribution in [2.45, 2.75) is 26.2 Å². The molecule has 27 heavy (non-hydrogen) atoms. The number of benzene rings is 1. The SMILES string of the molecule is CCOC(=O)CCN(CC(=O)Nc1cccc(C(=O)N(C)C)c1)CC1CC1. The fourth-order valence-electron chi connectivity index (χ4n) is 2.77. The zero-order chi connectivity index (χ0) is 19.8. The zero-order valence-electron chi connectivity index (χ0n) is 16.4. The Kier molecular flexibility index (Phi) is 7.79. The molecule has 7 heteroatoms. The number of amides is 2. The third-order valence-corrected chi connectivity index (χ3v) is 4.32. The predicted molar refractivity (Wildman–Crippen MR) is 104 cm³/mol. The largest absolute Gasteiger partial charge is 0.466 e. The average Bonchev–Trinajstić information content (AvgIpc) is 3.43. The van der Waals surface area contributed by atoms with Crippen LogP contribution < -0.4 is 5.32 Å². The summed E-state index contributed by atoms with van der Waals surface area (Å²) < 4.78 is 4.97. The van der Waals surface area contributed by atoms with Crippen LogP contribution >= 0.6 is 0 Å². The first kappa shape index (κ1) is 20.9. The molecule has 2 amide bonds.